The summed E-state index contributed by atoms with van der Waals surface area (Å²) in [5.74, 6) is -0.250. The Bertz CT molecular complexity index is 1440. The van der Waals surface area contributed by atoms with Gasteiger partial charge in [-0.25, -0.2) is 0 Å². The van der Waals surface area contributed by atoms with E-state index >= 15 is 0 Å². The Kier molecular flexibility index (Phi) is 6.17. The molecule has 2 aromatic heterocycles. The molecule has 0 amide bonds. The van der Waals surface area contributed by atoms with Crippen LogP contribution >= 0.6 is 11.3 Å². The van der Waals surface area contributed by atoms with Crippen molar-refractivity contribution in [3.8, 4) is 16.2 Å². The van der Waals surface area contributed by atoms with E-state index in [1.807, 2.05) is 48.7 Å². The Morgan fingerprint density at radius 1 is 0.886 bits per heavy atom. The van der Waals surface area contributed by atoms with Crippen LogP contribution in [0.4, 0.5) is 24.5 Å². The second-order valence-electron chi connectivity index (χ2n) is 8.12. The molecule has 0 unspecified atom stereocenters. The third-order valence-corrected chi connectivity index (χ3v) is 6.65. The van der Waals surface area contributed by atoms with Gasteiger partial charge in [-0.1, -0.05) is 48.0 Å². The van der Waals surface area contributed by atoms with Crippen LogP contribution in [0.2, 0.25) is 0 Å². The van der Waals surface area contributed by atoms with Crippen molar-refractivity contribution in [3.05, 3.63) is 108 Å². The molecule has 0 radical (unpaired) electrons. The number of pyridine rings is 1. The highest BCUT2D eigenvalue weighted by molar-refractivity contribution is 7.14. The molecular formula is C28H21F3N2OS. The summed E-state index contributed by atoms with van der Waals surface area (Å²) in [6, 6.07) is 26.3. The SMILES string of the molecule is Cc1ccc(-c2sccc2N(Cc2ccnc3ccccc23)c2ccc(OC(F)(F)F)cc2)cc1. The number of ether oxygens (including phenoxy) is 1. The molecule has 0 atom stereocenters. The minimum absolute atomic E-state index is 0.250. The summed E-state index contributed by atoms with van der Waals surface area (Å²) in [5.41, 5.74) is 5.95. The molecule has 176 valence electrons. The number of anilines is 2. The van der Waals surface area contributed by atoms with Gasteiger partial charge in [0.15, 0.2) is 0 Å². The largest absolute Gasteiger partial charge is 0.573 e. The van der Waals surface area contributed by atoms with E-state index < -0.39 is 6.36 Å². The number of alkyl halides is 3. The Hall–Kier alpha value is -3.84. The number of thiophene rings is 1. The maximum atomic E-state index is 12.7. The third-order valence-electron chi connectivity index (χ3n) is 5.70. The lowest BCUT2D eigenvalue weighted by Crippen LogP contribution is -2.18. The number of nitrogens with zero attached hydrogens (tertiary/aromatic N) is 2. The van der Waals surface area contributed by atoms with Crippen molar-refractivity contribution in [3.63, 3.8) is 0 Å². The molecular weight excluding hydrogens is 469 g/mol. The number of hydrogen-bond donors (Lipinski definition) is 0. The average molecular weight is 491 g/mol. The smallest absolute Gasteiger partial charge is 0.406 e. The minimum atomic E-state index is -4.73. The Labute approximate surface area is 205 Å². The molecule has 0 aliphatic rings. The standard InChI is InChI=1S/C28H21F3N2OS/c1-19-6-8-20(9-7-19)27-26(15-17-35-27)33(22-10-12-23(13-11-22)34-28(29,30)31)18-21-14-16-32-25-5-3-2-4-24(21)25/h2-17H,18H2,1H3. The van der Waals surface area contributed by atoms with Gasteiger partial charge in [-0.3, -0.25) is 4.98 Å². The van der Waals surface area contributed by atoms with Crippen LogP contribution in [0.25, 0.3) is 21.3 Å². The normalized spacial score (nSPS) is 11.5. The van der Waals surface area contributed by atoms with E-state index in [4.69, 9.17) is 0 Å². The average Bonchev–Trinajstić information content (AvgIpc) is 3.32. The van der Waals surface area contributed by atoms with E-state index in [0.29, 0.717) is 6.54 Å². The summed E-state index contributed by atoms with van der Waals surface area (Å²) in [7, 11) is 0. The molecule has 5 rings (SSSR count). The maximum Gasteiger partial charge on any atom is 0.573 e. The van der Waals surface area contributed by atoms with Gasteiger partial charge < -0.3 is 9.64 Å². The summed E-state index contributed by atoms with van der Waals surface area (Å²) in [6.07, 6.45) is -2.95. The predicted molar refractivity (Wildman–Crippen MR) is 135 cm³/mol. The molecule has 7 heteroatoms. The molecule has 5 aromatic rings. The first-order valence-electron chi connectivity index (χ1n) is 11.0. The predicted octanol–water partition coefficient (Wildman–Crippen LogP) is 8.51. The lowest BCUT2D eigenvalue weighted by atomic mass is 10.1. The van der Waals surface area contributed by atoms with Crippen LogP contribution in [-0.2, 0) is 6.54 Å². The topological polar surface area (TPSA) is 25.4 Å². The van der Waals surface area contributed by atoms with Crippen LogP contribution in [0.5, 0.6) is 5.75 Å². The molecule has 0 aliphatic heterocycles. The Morgan fingerprint density at radius 3 is 2.37 bits per heavy atom. The number of rotatable bonds is 6. The first-order valence-corrected chi connectivity index (χ1v) is 11.9. The molecule has 3 aromatic carbocycles. The van der Waals surface area contributed by atoms with E-state index in [2.05, 4.69) is 38.9 Å². The van der Waals surface area contributed by atoms with Crippen LogP contribution in [0.15, 0.2) is 96.5 Å². The van der Waals surface area contributed by atoms with E-state index in [1.54, 1.807) is 29.7 Å². The molecule has 35 heavy (non-hydrogen) atoms. The van der Waals surface area contributed by atoms with Crippen molar-refractivity contribution in [2.24, 2.45) is 0 Å². The number of aromatic nitrogens is 1. The summed E-state index contributed by atoms with van der Waals surface area (Å²) < 4.78 is 42.2. The molecule has 0 saturated carbocycles. The number of hydrogen-bond acceptors (Lipinski definition) is 4. The second-order valence-corrected chi connectivity index (χ2v) is 9.03. The lowest BCUT2D eigenvalue weighted by Gasteiger charge is -2.26. The van der Waals surface area contributed by atoms with Gasteiger partial charge in [0.25, 0.3) is 0 Å². The zero-order valence-corrected chi connectivity index (χ0v) is 19.6. The summed E-state index contributed by atoms with van der Waals surface area (Å²) in [5, 5.41) is 3.06. The highest BCUT2D eigenvalue weighted by Gasteiger charge is 2.31. The summed E-state index contributed by atoms with van der Waals surface area (Å²) in [6.45, 7) is 2.56. The van der Waals surface area contributed by atoms with Gasteiger partial charge >= 0.3 is 6.36 Å². The highest BCUT2D eigenvalue weighted by atomic mass is 32.1. The molecule has 0 saturated heterocycles. The Balaban J connectivity index is 1.59. The van der Waals surface area contributed by atoms with E-state index in [1.165, 1.54) is 17.7 Å². The zero-order chi connectivity index (χ0) is 24.4. The Morgan fingerprint density at radius 2 is 1.63 bits per heavy atom. The van der Waals surface area contributed by atoms with Crippen molar-refractivity contribution in [2.75, 3.05) is 4.90 Å². The summed E-state index contributed by atoms with van der Waals surface area (Å²) >= 11 is 1.63. The van der Waals surface area contributed by atoms with E-state index in [-0.39, 0.29) is 5.75 Å². The molecule has 0 fully saturated rings. The van der Waals surface area contributed by atoms with Crippen molar-refractivity contribution in [2.45, 2.75) is 19.8 Å². The second kappa shape index (κ2) is 9.43. The van der Waals surface area contributed by atoms with Crippen LogP contribution in [0, 0.1) is 6.92 Å². The fourth-order valence-corrected chi connectivity index (χ4v) is 4.95. The van der Waals surface area contributed by atoms with E-state index in [0.717, 1.165) is 38.3 Å². The maximum absolute atomic E-state index is 12.7. The summed E-state index contributed by atoms with van der Waals surface area (Å²) in [4.78, 5) is 7.66. The number of halogens is 3. The van der Waals surface area contributed by atoms with Crippen molar-refractivity contribution in [1.29, 1.82) is 0 Å². The first-order chi connectivity index (χ1) is 16.9. The fraction of sp³-hybridized carbons (Fsp3) is 0.107. The van der Waals surface area contributed by atoms with E-state index in [9.17, 15) is 13.2 Å². The van der Waals surface area contributed by atoms with Gasteiger partial charge in [-0.05, 0) is 65.9 Å². The van der Waals surface area contributed by atoms with Gasteiger partial charge in [-0.2, -0.15) is 0 Å². The van der Waals surface area contributed by atoms with Crippen molar-refractivity contribution < 1.29 is 17.9 Å². The number of benzene rings is 3. The lowest BCUT2D eigenvalue weighted by molar-refractivity contribution is -0.274. The quantitative estimate of drug-likeness (QED) is 0.239. The zero-order valence-electron chi connectivity index (χ0n) is 18.8. The van der Waals surface area contributed by atoms with Crippen LogP contribution in [0.3, 0.4) is 0 Å². The highest BCUT2D eigenvalue weighted by Crippen LogP contribution is 2.41. The van der Waals surface area contributed by atoms with Gasteiger partial charge in [0.05, 0.1) is 16.1 Å². The molecule has 0 bridgehead atoms. The number of aryl methyl sites for hydroxylation is 1. The monoisotopic (exact) mass is 490 g/mol. The van der Waals surface area contributed by atoms with Crippen LogP contribution in [0.1, 0.15) is 11.1 Å². The van der Waals surface area contributed by atoms with Gasteiger partial charge in [-0.15, -0.1) is 24.5 Å². The first kappa shape index (κ1) is 22.9. The van der Waals surface area contributed by atoms with Crippen LogP contribution < -0.4 is 9.64 Å². The van der Waals surface area contributed by atoms with Crippen molar-refractivity contribution >= 4 is 33.6 Å². The molecule has 0 N–H and O–H groups in total. The van der Waals surface area contributed by atoms with Crippen LogP contribution in [-0.4, -0.2) is 11.3 Å². The molecule has 0 spiro atoms. The van der Waals surface area contributed by atoms with Crippen molar-refractivity contribution in [1.82, 2.24) is 4.98 Å². The third kappa shape index (κ3) is 5.15. The molecule has 0 aliphatic carbocycles. The molecule has 3 nitrogen and oxygen atoms in total. The van der Waals surface area contributed by atoms with Gasteiger partial charge in [0.1, 0.15) is 5.75 Å². The fourth-order valence-electron chi connectivity index (χ4n) is 4.04. The number of fused-ring (bicyclic) bond motifs is 1. The minimum Gasteiger partial charge on any atom is -0.406 e. The molecule has 2 heterocycles. The number of para-hydroxylation sites is 1. The van der Waals surface area contributed by atoms with Gasteiger partial charge in [0, 0.05) is 23.8 Å². The van der Waals surface area contributed by atoms with Gasteiger partial charge in [0.2, 0.25) is 0 Å².